The largest absolute Gasteiger partial charge is 0.343 e. The highest BCUT2D eigenvalue weighted by Crippen LogP contribution is 2.10. The third kappa shape index (κ3) is 2.67. The van der Waals surface area contributed by atoms with E-state index in [-0.39, 0.29) is 5.91 Å². The van der Waals surface area contributed by atoms with E-state index in [4.69, 9.17) is 0 Å². The maximum absolute atomic E-state index is 11.6. The number of likely N-dealkylation sites (N-methyl/N-ethyl adjacent to an activating group) is 1. The molecule has 0 saturated carbocycles. The molecule has 2 heterocycles. The Bertz CT molecular complexity index is 449. The summed E-state index contributed by atoms with van der Waals surface area (Å²) in [6, 6.07) is 0. The fourth-order valence-electron chi connectivity index (χ4n) is 2.05. The van der Waals surface area contributed by atoms with E-state index in [0.717, 1.165) is 35.9 Å². The van der Waals surface area contributed by atoms with Crippen molar-refractivity contribution in [3.63, 3.8) is 0 Å². The van der Waals surface area contributed by atoms with Crippen LogP contribution in [0.3, 0.4) is 0 Å². The number of carbonyl (C=O) groups excluding carboxylic acids is 1. The van der Waals surface area contributed by atoms with Crippen molar-refractivity contribution >= 4 is 5.91 Å². The van der Waals surface area contributed by atoms with E-state index in [1.54, 1.807) is 4.90 Å². The number of hydrogen-bond donors (Lipinski definition) is 0. The monoisotopic (exact) mass is 248 g/mol. The van der Waals surface area contributed by atoms with E-state index >= 15 is 0 Å². The normalized spacial score (nSPS) is 17.3. The highest BCUT2D eigenvalue weighted by molar-refractivity contribution is 5.78. The lowest BCUT2D eigenvalue weighted by molar-refractivity contribution is -0.134. The summed E-state index contributed by atoms with van der Waals surface area (Å²) in [6.07, 6.45) is 0. The Morgan fingerprint density at radius 3 is 2.28 bits per heavy atom. The summed E-state index contributed by atoms with van der Waals surface area (Å²) in [5, 5.41) is 0. The molecule has 98 valence electrons. The summed E-state index contributed by atoms with van der Waals surface area (Å²) in [5.41, 5.74) is 3.20. The first-order chi connectivity index (χ1) is 8.47. The summed E-state index contributed by atoms with van der Waals surface area (Å²) in [7, 11) is 1.84. The first-order valence-electron chi connectivity index (χ1n) is 6.24. The molecular weight excluding hydrogens is 228 g/mol. The van der Waals surface area contributed by atoms with E-state index < -0.39 is 0 Å². The molecule has 1 saturated heterocycles. The van der Waals surface area contributed by atoms with Crippen LogP contribution in [-0.4, -0.2) is 52.4 Å². The molecule has 0 atom stereocenters. The molecule has 1 fully saturated rings. The van der Waals surface area contributed by atoms with Crippen molar-refractivity contribution in [2.24, 2.45) is 0 Å². The van der Waals surface area contributed by atoms with E-state index in [1.807, 2.05) is 27.8 Å². The molecule has 0 N–H and O–H groups in total. The molecule has 2 rings (SSSR count). The van der Waals surface area contributed by atoms with Crippen molar-refractivity contribution in [1.82, 2.24) is 19.8 Å². The number of aromatic nitrogens is 2. The minimum atomic E-state index is 0.168. The van der Waals surface area contributed by atoms with Crippen LogP contribution >= 0.6 is 0 Å². The third-order valence-corrected chi connectivity index (χ3v) is 3.58. The van der Waals surface area contributed by atoms with Gasteiger partial charge >= 0.3 is 0 Å². The standard InChI is InChI=1S/C13H20N4O/c1-9-10(2)14-12(15-11(9)3)7-17-6-5-16(4)13(18)8-17/h5-8H2,1-4H3. The zero-order valence-electron chi connectivity index (χ0n) is 11.5. The number of piperazine rings is 1. The molecule has 0 aliphatic carbocycles. The Hall–Kier alpha value is -1.49. The molecule has 0 unspecified atom stereocenters. The fraction of sp³-hybridized carbons (Fsp3) is 0.615. The predicted molar refractivity (Wildman–Crippen MR) is 69.2 cm³/mol. The molecule has 5 heteroatoms. The molecule has 0 bridgehead atoms. The van der Waals surface area contributed by atoms with Gasteiger partial charge in [0.2, 0.25) is 5.91 Å². The van der Waals surface area contributed by atoms with Crippen LogP contribution in [0.15, 0.2) is 0 Å². The zero-order valence-corrected chi connectivity index (χ0v) is 11.5. The van der Waals surface area contributed by atoms with Gasteiger partial charge in [0.05, 0.1) is 13.1 Å². The van der Waals surface area contributed by atoms with Crippen LogP contribution < -0.4 is 0 Å². The minimum Gasteiger partial charge on any atom is -0.343 e. The SMILES string of the molecule is Cc1nc(CN2CCN(C)C(=O)C2)nc(C)c1C. The van der Waals surface area contributed by atoms with Crippen LogP contribution in [0, 0.1) is 20.8 Å². The summed E-state index contributed by atoms with van der Waals surface area (Å²) in [6.45, 7) is 8.83. The van der Waals surface area contributed by atoms with E-state index in [2.05, 4.69) is 14.9 Å². The van der Waals surface area contributed by atoms with Gasteiger partial charge in [0.1, 0.15) is 5.82 Å². The molecular formula is C13H20N4O. The van der Waals surface area contributed by atoms with Crippen LogP contribution in [0.25, 0.3) is 0 Å². The average Bonchev–Trinajstić information content (AvgIpc) is 2.31. The van der Waals surface area contributed by atoms with Crippen LogP contribution in [0.1, 0.15) is 22.8 Å². The lowest BCUT2D eigenvalue weighted by atomic mass is 10.2. The van der Waals surface area contributed by atoms with Gasteiger partial charge in [-0.25, -0.2) is 9.97 Å². The number of amides is 1. The Morgan fingerprint density at radius 1 is 1.11 bits per heavy atom. The lowest BCUT2D eigenvalue weighted by Crippen LogP contribution is -2.48. The van der Waals surface area contributed by atoms with Crippen LogP contribution in [0.5, 0.6) is 0 Å². The smallest absolute Gasteiger partial charge is 0.236 e. The number of rotatable bonds is 2. The molecule has 0 aromatic carbocycles. The molecule has 0 radical (unpaired) electrons. The first kappa shape index (κ1) is 13.0. The van der Waals surface area contributed by atoms with Gasteiger partial charge in [-0.1, -0.05) is 0 Å². The highest BCUT2D eigenvalue weighted by Gasteiger charge is 2.21. The zero-order chi connectivity index (χ0) is 13.3. The highest BCUT2D eigenvalue weighted by atomic mass is 16.2. The second kappa shape index (κ2) is 5.02. The molecule has 1 aromatic heterocycles. The summed E-state index contributed by atoms with van der Waals surface area (Å²) in [5.74, 6) is 0.981. The Balaban J connectivity index is 2.08. The van der Waals surface area contributed by atoms with Gasteiger partial charge < -0.3 is 4.90 Å². The molecule has 5 nitrogen and oxygen atoms in total. The van der Waals surface area contributed by atoms with Crippen molar-refractivity contribution < 1.29 is 4.79 Å². The summed E-state index contributed by atoms with van der Waals surface area (Å²) < 4.78 is 0. The molecule has 1 aliphatic rings. The van der Waals surface area contributed by atoms with E-state index in [9.17, 15) is 4.79 Å². The van der Waals surface area contributed by atoms with Crippen LogP contribution in [0.2, 0.25) is 0 Å². The maximum atomic E-state index is 11.6. The van der Waals surface area contributed by atoms with Crippen molar-refractivity contribution in [2.45, 2.75) is 27.3 Å². The average molecular weight is 248 g/mol. The summed E-state index contributed by atoms with van der Waals surface area (Å²) in [4.78, 5) is 24.5. The van der Waals surface area contributed by atoms with Crippen LogP contribution in [-0.2, 0) is 11.3 Å². The van der Waals surface area contributed by atoms with E-state index in [0.29, 0.717) is 13.1 Å². The second-order valence-corrected chi connectivity index (χ2v) is 4.96. The van der Waals surface area contributed by atoms with Gasteiger partial charge in [0, 0.05) is 31.5 Å². The van der Waals surface area contributed by atoms with Crippen molar-refractivity contribution in [2.75, 3.05) is 26.7 Å². The second-order valence-electron chi connectivity index (χ2n) is 4.96. The number of hydrogen-bond acceptors (Lipinski definition) is 4. The molecule has 1 aromatic rings. The lowest BCUT2D eigenvalue weighted by Gasteiger charge is -2.31. The maximum Gasteiger partial charge on any atom is 0.236 e. The Kier molecular flexibility index (Phi) is 3.61. The molecule has 18 heavy (non-hydrogen) atoms. The van der Waals surface area contributed by atoms with E-state index in [1.165, 1.54) is 0 Å². The summed E-state index contributed by atoms with van der Waals surface area (Å²) >= 11 is 0. The van der Waals surface area contributed by atoms with Gasteiger partial charge in [0.25, 0.3) is 0 Å². The molecule has 1 aliphatic heterocycles. The van der Waals surface area contributed by atoms with Gasteiger partial charge in [-0.05, 0) is 26.3 Å². The third-order valence-electron chi connectivity index (χ3n) is 3.58. The molecule has 0 spiro atoms. The van der Waals surface area contributed by atoms with Gasteiger partial charge in [0.15, 0.2) is 0 Å². The first-order valence-corrected chi connectivity index (χ1v) is 6.24. The Morgan fingerprint density at radius 2 is 1.72 bits per heavy atom. The van der Waals surface area contributed by atoms with Gasteiger partial charge in [-0.2, -0.15) is 0 Å². The van der Waals surface area contributed by atoms with Crippen LogP contribution in [0.4, 0.5) is 0 Å². The van der Waals surface area contributed by atoms with Crippen molar-refractivity contribution in [1.29, 1.82) is 0 Å². The fourth-order valence-corrected chi connectivity index (χ4v) is 2.05. The van der Waals surface area contributed by atoms with Gasteiger partial charge in [-0.15, -0.1) is 0 Å². The number of aryl methyl sites for hydroxylation is 2. The number of carbonyl (C=O) groups is 1. The topological polar surface area (TPSA) is 49.3 Å². The molecule has 1 amide bonds. The Labute approximate surface area is 108 Å². The predicted octanol–water partition coefficient (Wildman–Crippen LogP) is 0.676. The van der Waals surface area contributed by atoms with Crippen molar-refractivity contribution in [3.8, 4) is 0 Å². The van der Waals surface area contributed by atoms with Gasteiger partial charge in [-0.3, -0.25) is 9.69 Å². The van der Waals surface area contributed by atoms with Crippen molar-refractivity contribution in [3.05, 3.63) is 22.8 Å². The minimum absolute atomic E-state index is 0.168. The quantitative estimate of drug-likeness (QED) is 0.772. The number of nitrogens with zero attached hydrogens (tertiary/aromatic N) is 4.